The molecule has 2 aliphatic heterocycles. The molecule has 2 aliphatic rings. The second-order valence-electron chi connectivity index (χ2n) is 4.75. The Labute approximate surface area is 112 Å². The number of rotatable bonds is 4. The highest BCUT2D eigenvalue weighted by Crippen LogP contribution is 2.23. The first-order chi connectivity index (χ1) is 8.69. The lowest BCUT2D eigenvalue weighted by Crippen LogP contribution is -2.40. The maximum Gasteiger partial charge on any atom is 0.309 e. The third-order valence-corrected chi connectivity index (χ3v) is 4.41. The number of carbonyl (C=O) groups excluding carboxylic acids is 1. The molecule has 6 heteroatoms. The Balaban J connectivity index is 1.69. The number of hydrogen-bond acceptors (Lipinski definition) is 6. The highest BCUT2D eigenvalue weighted by atomic mass is 32.2. The zero-order valence-electron chi connectivity index (χ0n) is 10.8. The fourth-order valence-corrected chi connectivity index (χ4v) is 3.36. The van der Waals surface area contributed by atoms with Gasteiger partial charge in [-0.3, -0.25) is 9.79 Å². The standard InChI is InChI=1S/C12H21N3O2S/c1-2-17-11(16)9-3-5-15(6-4-9)8-10-7-14-12(13)18-10/h9-10H,2-8H2,1H3,(H2,13,14). The Bertz CT molecular complexity index is 327. The molecule has 102 valence electrons. The molecule has 5 nitrogen and oxygen atoms in total. The number of aliphatic imine (C=N–C) groups is 1. The van der Waals surface area contributed by atoms with Crippen LogP contribution in [-0.2, 0) is 9.53 Å². The summed E-state index contributed by atoms with van der Waals surface area (Å²) in [6, 6.07) is 0. The van der Waals surface area contributed by atoms with E-state index in [1.54, 1.807) is 11.8 Å². The van der Waals surface area contributed by atoms with Gasteiger partial charge < -0.3 is 15.4 Å². The van der Waals surface area contributed by atoms with Crippen LogP contribution in [-0.4, -0.2) is 54.1 Å². The molecule has 0 aromatic rings. The zero-order chi connectivity index (χ0) is 13.0. The summed E-state index contributed by atoms with van der Waals surface area (Å²) in [5, 5.41) is 1.20. The van der Waals surface area contributed by atoms with E-state index < -0.39 is 0 Å². The van der Waals surface area contributed by atoms with Gasteiger partial charge in [0.05, 0.1) is 19.1 Å². The molecule has 1 saturated heterocycles. The number of esters is 1. The molecule has 2 rings (SSSR count). The number of carbonyl (C=O) groups is 1. The molecule has 2 N–H and O–H groups in total. The Kier molecular flexibility index (Phi) is 4.88. The second kappa shape index (κ2) is 6.43. The van der Waals surface area contributed by atoms with Crippen molar-refractivity contribution in [2.75, 3.05) is 32.8 Å². The molecule has 1 atom stereocenters. The molecule has 0 aliphatic carbocycles. The van der Waals surface area contributed by atoms with E-state index in [0.717, 1.165) is 39.0 Å². The van der Waals surface area contributed by atoms with Gasteiger partial charge in [-0.1, -0.05) is 11.8 Å². The maximum atomic E-state index is 11.6. The Hall–Kier alpha value is -0.750. The van der Waals surface area contributed by atoms with Crippen LogP contribution in [0.1, 0.15) is 19.8 Å². The zero-order valence-corrected chi connectivity index (χ0v) is 11.6. The van der Waals surface area contributed by atoms with Gasteiger partial charge in [0.1, 0.15) is 0 Å². The summed E-state index contributed by atoms with van der Waals surface area (Å²) in [6.07, 6.45) is 1.82. The Morgan fingerprint density at radius 3 is 2.83 bits per heavy atom. The molecular formula is C12H21N3O2S. The third kappa shape index (κ3) is 3.62. The summed E-state index contributed by atoms with van der Waals surface area (Å²) in [5.74, 6) is 0.0683. The molecule has 0 spiro atoms. The lowest BCUT2D eigenvalue weighted by atomic mass is 9.97. The molecule has 1 fully saturated rings. The predicted octanol–water partition coefficient (Wildman–Crippen LogP) is 0.692. The van der Waals surface area contributed by atoms with Gasteiger partial charge in [-0.25, -0.2) is 0 Å². The van der Waals surface area contributed by atoms with Gasteiger partial charge in [0.2, 0.25) is 0 Å². The molecule has 0 bridgehead atoms. The van der Waals surface area contributed by atoms with E-state index in [9.17, 15) is 4.79 Å². The minimum atomic E-state index is -0.0278. The SMILES string of the molecule is CCOC(=O)C1CCN(CC2CN=C(N)S2)CC1. The highest BCUT2D eigenvalue weighted by Gasteiger charge is 2.28. The molecule has 18 heavy (non-hydrogen) atoms. The number of amidine groups is 1. The summed E-state index contributed by atoms with van der Waals surface area (Å²) >= 11 is 1.67. The summed E-state index contributed by atoms with van der Waals surface area (Å²) in [6.45, 7) is 6.13. The van der Waals surface area contributed by atoms with E-state index in [1.165, 1.54) is 0 Å². The van der Waals surface area contributed by atoms with Crippen molar-refractivity contribution in [2.24, 2.45) is 16.6 Å². The van der Waals surface area contributed by atoms with E-state index >= 15 is 0 Å². The fourth-order valence-electron chi connectivity index (χ4n) is 2.43. The van der Waals surface area contributed by atoms with Crippen molar-refractivity contribution in [2.45, 2.75) is 25.0 Å². The second-order valence-corrected chi connectivity index (χ2v) is 6.07. The highest BCUT2D eigenvalue weighted by molar-refractivity contribution is 8.14. The van der Waals surface area contributed by atoms with Gasteiger partial charge in [-0.05, 0) is 32.9 Å². The van der Waals surface area contributed by atoms with Crippen LogP contribution in [0.4, 0.5) is 0 Å². The van der Waals surface area contributed by atoms with E-state index in [2.05, 4.69) is 9.89 Å². The average molecular weight is 271 g/mol. The fraction of sp³-hybridized carbons (Fsp3) is 0.833. The van der Waals surface area contributed by atoms with Crippen LogP contribution < -0.4 is 5.73 Å². The van der Waals surface area contributed by atoms with Crippen molar-refractivity contribution in [3.05, 3.63) is 0 Å². The van der Waals surface area contributed by atoms with Crippen molar-refractivity contribution in [3.63, 3.8) is 0 Å². The van der Waals surface area contributed by atoms with Crippen molar-refractivity contribution >= 4 is 22.9 Å². The predicted molar refractivity (Wildman–Crippen MR) is 73.7 cm³/mol. The van der Waals surface area contributed by atoms with Crippen LogP contribution in [0.15, 0.2) is 4.99 Å². The summed E-state index contributed by atoms with van der Waals surface area (Å²) in [5.41, 5.74) is 5.66. The van der Waals surface area contributed by atoms with Crippen molar-refractivity contribution in [1.29, 1.82) is 0 Å². The Morgan fingerprint density at radius 1 is 1.56 bits per heavy atom. The van der Waals surface area contributed by atoms with Crippen LogP contribution in [0.5, 0.6) is 0 Å². The first kappa shape index (κ1) is 13.7. The molecule has 0 amide bonds. The number of likely N-dealkylation sites (tertiary alicyclic amines) is 1. The van der Waals surface area contributed by atoms with Crippen LogP contribution >= 0.6 is 11.8 Å². The van der Waals surface area contributed by atoms with E-state index in [1.807, 2.05) is 6.92 Å². The topological polar surface area (TPSA) is 67.9 Å². The molecule has 0 aromatic heterocycles. The van der Waals surface area contributed by atoms with Crippen molar-refractivity contribution < 1.29 is 9.53 Å². The van der Waals surface area contributed by atoms with E-state index in [0.29, 0.717) is 17.0 Å². The van der Waals surface area contributed by atoms with Crippen LogP contribution in [0.3, 0.4) is 0 Å². The number of thioether (sulfide) groups is 1. The van der Waals surface area contributed by atoms with Gasteiger partial charge in [0.15, 0.2) is 5.17 Å². The van der Waals surface area contributed by atoms with E-state index in [4.69, 9.17) is 10.5 Å². The lowest BCUT2D eigenvalue weighted by molar-refractivity contribution is -0.149. The molecule has 0 radical (unpaired) electrons. The largest absolute Gasteiger partial charge is 0.466 e. The van der Waals surface area contributed by atoms with Gasteiger partial charge in [0.25, 0.3) is 0 Å². The lowest BCUT2D eigenvalue weighted by Gasteiger charge is -2.32. The first-order valence-electron chi connectivity index (χ1n) is 6.54. The summed E-state index contributed by atoms with van der Waals surface area (Å²) in [4.78, 5) is 18.2. The summed E-state index contributed by atoms with van der Waals surface area (Å²) < 4.78 is 5.07. The monoisotopic (exact) mass is 271 g/mol. The smallest absolute Gasteiger partial charge is 0.309 e. The van der Waals surface area contributed by atoms with Crippen molar-refractivity contribution in [3.8, 4) is 0 Å². The van der Waals surface area contributed by atoms with Gasteiger partial charge in [-0.15, -0.1) is 0 Å². The van der Waals surface area contributed by atoms with Crippen molar-refractivity contribution in [1.82, 2.24) is 4.90 Å². The van der Waals surface area contributed by atoms with Gasteiger partial charge in [-0.2, -0.15) is 0 Å². The molecule has 2 heterocycles. The molecule has 1 unspecified atom stereocenters. The molecular weight excluding hydrogens is 250 g/mol. The van der Waals surface area contributed by atoms with Crippen LogP contribution in [0.2, 0.25) is 0 Å². The number of hydrogen-bond donors (Lipinski definition) is 1. The molecule has 0 aromatic carbocycles. The average Bonchev–Trinajstić information content (AvgIpc) is 2.76. The Morgan fingerprint density at radius 2 is 2.28 bits per heavy atom. The normalized spacial score (nSPS) is 26.1. The van der Waals surface area contributed by atoms with Gasteiger partial charge in [0, 0.05) is 11.8 Å². The van der Waals surface area contributed by atoms with Crippen LogP contribution in [0.25, 0.3) is 0 Å². The minimum Gasteiger partial charge on any atom is -0.466 e. The number of ether oxygens (including phenoxy) is 1. The third-order valence-electron chi connectivity index (χ3n) is 3.41. The number of nitrogens with two attached hydrogens (primary N) is 1. The number of nitrogens with zero attached hydrogens (tertiary/aromatic N) is 2. The van der Waals surface area contributed by atoms with Crippen LogP contribution in [0, 0.1) is 5.92 Å². The first-order valence-corrected chi connectivity index (χ1v) is 7.42. The maximum absolute atomic E-state index is 11.6. The number of piperidine rings is 1. The minimum absolute atomic E-state index is 0.0278. The van der Waals surface area contributed by atoms with E-state index in [-0.39, 0.29) is 11.9 Å². The summed E-state index contributed by atoms with van der Waals surface area (Å²) in [7, 11) is 0. The quantitative estimate of drug-likeness (QED) is 0.762. The molecule has 0 saturated carbocycles. The van der Waals surface area contributed by atoms with Gasteiger partial charge >= 0.3 is 5.97 Å².